The lowest BCUT2D eigenvalue weighted by atomic mass is 9.74. The summed E-state index contributed by atoms with van der Waals surface area (Å²) in [7, 11) is 0. The van der Waals surface area contributed by atoms with Crippen molar-refractivity contribution in [1.29, 1.82) is 0 Å². The molecule has 2 heterocycles. The predicted molar refractivity (Wildman–Crippen MR) is 111 cm³/mol. The number of carbonyl (C=O) groups excluding carboxylic acids is 1. The molecule has 184 valence electrons. The van der Waals surface area contributed by atoms with Crippen molar-refractivity contribution < 1.29 is 36.2 Å². The average Bonchev–Trinajstić information content (AvgIpc) is 3.17. The number of ether oxygens (including phenoxy) is 2. The fraction of sp³-hybridized carbons (Fsp3) is 0.708. The third-order valence-corrected chi connectivity index (χ3v) is 7.45. The smallest absolute Gasteiger partial charge is 0.381 e. The molecule has 3 aliphatic rings. The molecule has 0 N–H and O–H groups in total. The number of nitrogens with zero attached hydrogens (tertiary/aromatic N) is 1. The van der Waals surface area contributed by atoms with Gasteiger partial charge < -0.3 is 14.4 Å². The molecule has 1 saturated heterocycles. The number of hydrogen-bond acceptors (Lipinski definition) is 3. The van der Waals surface area contributed by atoms with Crippen molar-refractivity contribution >= 4 is 5.91 Å². The molecule has 9 heteroatoms. The third-order valence-electron chi connectivity index (χ3n) is 7.45. The quantitative estimate of drug-likeness (QED) is 0.538. The van der Waals surface area contributed by atoms with Gasteiger partial charge in [-0.3, -0.25) is 4.79 Å². The Kier molecular flexibility index (Phi) is 6.50. The summed E-state index contributed by atoms with van der Waals surface area (Å²) in [4.78, 5) is 14.7. The van der Waals surface area contributed by atoms with Crippen LogP contribution in [-0.4, -0.2) is 42.8 Å². The number of alkyl halides is 5. The molecule has 1 aromatic carbocycles. The van der Waals surface area contributed by atoms with Gasteiger partial charge in [0.25, 0.3) is 5.92 Å². The summed E-state index contributed by atoms with van der Waals surface area (Å²) in [6.07, 6.45) is -1.56. The van der Waals surface area contributed by atoms with Gasteiger partial charge >= 0.3 is 6.18 Å². The minimum Gasteiger partial charge on any atom is -0.381 e. The zero-order valence-electron chi connectivity index (χ0n) is 18.9. The second-order valence-electron chi connectivity index (χ2n) is 9.86. The highest BCUT2D eigenvalue weighted by Crippen LogP contribution is 2.49. The van der Waals surface area contributed by atoms with Crippen molar-refractivity contribution in [2.75, 3.05) is 19.8 Å². The van der Waals surface area contributed by atoms with E-state index in [4.69, 9.17) is 9.47 Å². The van der Waals surface area contributed by atoms with E-state index in [1.54, 1.807) is 0 Å². The fourth-order valence-electron chi connectivity index (χ4n) is 5.50. The van der Waals surface area contributed by atoms with Crippen LogP contribution in [0.4, 0.5) is 22.0 Å². The molecule has 2 aliphatic heterocycles. The molecule has 1 aromatic rings. The van der Waals surface area contributed by atoms with Crippen molar-refractivity contribution in [3.05, 3.63) is 34.9 Å². The predicted octanol–water partition coefficient (Wildman–Crippen LogP) is 5.53. The fourth-order valence-corrected chi connectivity index (χ4v) is 5.50. The highest BCUT2D eigenvalue weighted by atomic mass is 19.4. The molecule has 33 heavy (non-hydrogen) atoms. The summed E-state index contributed by atoms with van der Waals surface area (Å²) in [5.74, 6) is -3.95. The Morgan fingerprint density at radius 1 is 1.15 bits per heavy atom. The summed E-state index contributed by atoms with van der Waals surface area (Å²) < 4.78 is 80.9. The van der Waals surface area contributed by atoms with E-state index in [1.807, 2.05) is 13.8 Å². The summed E-state index contributed by atoms with van der Waals surface area (Å²) in [5, 5.41) is 0. The van der Waals surface area contributed by atoms with Gasteiger partial charge in [0.2, 0.25) is 5.91 Å². The van der Waals surface area contributed by atoms with Gasteiger partial charge in [-0.2, -0.15) is 22.0 Å². The maximum atomic E-state index is 14.9. The van der Waals surface area contributed by atoms with Gasteiger partial charge in [-0.15, -0.1) is 0 Å². The van der Waals surface area contributed by atoms with Crippen LogP contribution in [0.2, 0.25) is 0 Å². The summed E-state index contributed by atoms with van der Waals surface area (Å²) in [6, 6.07) is 2.26. The molecule has 1 aliphatic carbocycles. The molecular weight excluding hydrogens is 445 g/mol. The Morgan fingerprint density at radius 2 is 1.85 bits per heavy atom. The first-order chi connectivity index (χ1) is 15.4. The van der Waals surface area contributed by atoms with Crippen molar-refractivity contribution in [3.63, 3.8) is 0 Å². The molecule has 0 aromatic heterocycles. The van der Waals surface area contributed by atoms with Crippen LogP contribution >= 0.6 is 0 Å². The van der Waals surface area contributed by atoms with Crippen molar-refractivity contribution in [2.24, 2.45) is 11.3 Å². The van der Waals surface area contributed by atoms with Crippen molar-refractivity contribution in [1.82, 2.24) is 4.90 Å². The van der Waals surface area contributed by atoms with Gasteiger partial charge in [0.15, 0.2) is 0 Å². The van der Waals surface area contributed by atoms with Crippen LogP contribution < -0.4 is 0 Å². The SMILES string of the molecule is CC(C)[C@]1(C(=O)N2Cc3cc(C(F)(F)F)ccc3C(F)(F)C2)CC[C@@H](OC2CCOCC2)C1. The second-order valence-corrected chi connectivity index (χ2v) is 9.86. The normalized spacial score (nSPS) is 28.2. The number of benzene rings is 1. The van der Waals surface area contributed by atoms with Crippen LogP contribution in [0.15, 0.2) is 18.2 Å². The number of rotatable bonds is 4. The summed E-state index contributed by atoms with van der Waals surface area (Å²) in [5.41, 5.74) is -2.45. The molecule has 0 radical (unpaired) electrons. The third kappa shape index (κ3) is 4.76. The number of halogens is 5. The first-order valence-electron chi connectivity index (χ1n) is 11.5. The first kappa shape index (κ1) is 24.4. The van der Waals surface area contributed by atoms with Crippen LogP contribution in [0.3, 0.4) is 0 Å². The molecular formula is C24H30F5NO3. The second kappa shape index (κ2) is 8.80. The lowest BCUT2D eigenvalue weighted by Crippen LogP contribution is -2.51. The van der Waals surface area contributed by atoms with E-state index in [9.17, 15) is 26.7 Å². The number of fused-ring (bicyclic) bond motifs is 1. The number of hydrogen-bond donors (Lipinski definition) is 0. The van der Waals surface area contributed by atoms with Crippen LogP contribution in [0.5, 0.6) is 0 Å². The number of amides is 1. The molecule has 0 spiro atoms. The monoisotopic (exact) mass is 475 g/mol. The zero-order valence-corrected chi connectivity index (χ0v) is 18.9. The van der Waals surface area contributed by atoms with E-state index >= 15 is 0 Å². The van der Waals surface area contributed by atoms with Crippen LogP contribution in [0.1, 0.15) is 62.6 Å². The highest BCUT2D eigenvalue weighted by Gasteiger charge is 2.53. The minimum atomic E-state index is -4.64. The van der Waals surface area contributed by atoms with Gasteiger partial charge in [0, 0.05) is 25.3 Å². The highest BCUT2D eigenvalue weighted by molar-refractivity contribution is 5.84. The van der Waals surface area contributed by atoms with Gasteiger partial charge in [-0.05, 0) is 55.7 Å². The van der Waals surface area contributed by atoms with Crippen molar-refractivity contribution in [3.8, 4) is 0 Å². The molecule has 4 nitrogen and oxygen atoms in total. The van der Waals surface area contributed by atoms with E-state index in [0.717, 1.165) is 29.9 Å². The Hall–Kier alpha value is -1.74. The Morgan fingerprint density at radius 3 is 2.48 bits per heavy atom. The molecule has 0 unspecified atom stereocenters. The summed E-state index contributed by atoms with van der Waals surface area (Å²) in [6.45, 7) is 3.97. The molecule has 1 amide bonds. The number of carbonyl (C=O) groups is 1. The van der Waals surface area contributed by atoms with E-state index in [-0.39, 0.29) is 30.2 Å². The van der Waals surface area contributed by atoms with E-state index < -0.39 is 41.1 Å². The van der Waals surface area contributed by atoms with E-state index in [1.165, 1.54) is 0 Å². The van der Waals surface area contributed by atoms with Gasteiger partial charge in [-0.25, -0.2) is 0 Å². The lowest BCUT2D eigenvalue weighted by Gasteiger charge is -2.42. The Labute approximate surface area is 190 Å². The maximum Gasteiger partial charge on any atom is 0.416 e. The Balaban J connectivity index is 1.55. The average molecular weight is 475 g/mol. The topological polar surface area (TPSA) is 38.8 Å². The van der Waals surface area contributed by atoms with Crippen LogP contribution in [-0.2, 0) is 32.9 Å². The van der Waals surface area contributed by atoms with Gasteiger partial charge in [-0.1, -0.05) is 19.9 Å². The molecule has 4 rings (SSSR count). The van der Waals surface area contributed by atoms with Gasteiger partial charge in [0.05, 0.1) is 29.7 Å². The first-order valence-corrected chi connectivity index (χ1v) is 11.5. The van der Waals surface area contributed by atoms with E-state index in [2.05, 4.69) is 0 Å². The van der Waals surface area contributed by atoms with Gasteiger partial charge in [0.1, 0.15) is 0 Å². The minimum absolute atomic E-state index is 0.0637. The summed E-state index contributed by atoms with van der Waals surface area (Å²) >= 11 is 0. The molecule has 2 fully saturated rings. The van der Waals surface area contributed by atoms with Crippen LogP contribution in [0, 0.1) is 11.3 Å². The lowest BCUT2D eigenvalue weighted by molar-refractivity contribution is -0.155. The zero-order chi connectivity index (χ0) is 24.0. The molecule has 1 saturated carbocycles. The molecule has 0 bridgehead atoms. The standard InChI is InChI=1S/C24H30F5NO3/c1-15(2)22(8-5-19(12-22)33-18-6-9-32-10-7-18)21(31)30-13-16-11-17(24(27,28)29)3-4-20(16)23(25,26)14-30/h3-4,11,15,18-19H,5-10,12-14H2,1-2H3/t19-,22+/m1/s1. The van der Waals surface area contributed by atoms with Crippen LogP contribution in [0.25, 0.3) is 0 Å². The molecule has 2 atom stereocenters. The maximum absolute atomic E-state index is 14.9. The Bertz CT molecular complexity index is 881. The van der Waals surface area contributed by atoms with E-state index in [0.29, 0.717) is 38.5 Å². The largest absolute Gasteiger partial charge is 0.416 e. The van der Waals surface area contributed by atoms with Crippen molar-refractivity contribution in [2.45, 2.75) is 76.8 Å².